The Kier molecular flexibility index (Phi) is 5.52. The second-order valence-corrected chi connectivity index (χ2v) is 7.42. The SMILES string of the molecule is COc1ccccc1OCC(=O)N1CCC[C@@H]1Cn1nnc(-c2cccs2)n1. The van der Waals surface area contributed by atoms with Crippen molar-refractivity contribution in [1.29, 1.82) is 0 Å². The van der Waals surface area contributed by atoms with E-state index in [2.05, 4.69) is 15.4 Å². The van der Waals surface area contributed by atoms with Gasteiger partial charge in [-0.2, -0.15) is 4.80 Å². The second-order valence-electron chi connectivity index (χ2n) is 6.47. The second kappa shape index (κ2) is 8.39. The topological polar surface area (TPSA) is 82.4 Å². The molecule has 146 valence electrons. The van der Waals surface area contributed by atoms with Crippen LogP contribution in [0.15, 0.2) is 41.8 Å². The van der Waals surface area contributed by atoms with Gasteiger partial charge in [-0.15, -0.1) is 21.5 Å². The summed E-state index contributed by atoms with van der Waals surface area (Å²) in [4.78, 5) is 17.1. The van der Waals surface area contributed by atoms with Crippen LogP contribution in [0.3, 0.4) is 0 Å². The molecule has 28 heavy (non-hydrogen) atoms. The van der Waals surface area contributed by atoms with Crippen LogP contribution in [0.4, 0.5) is 0 Å². The van der Waals surface area contributed by atoms with Crippen LogP contribution in [-0.2, 0) is 11.3 Å². The number of methoxy groups -OCH3 is 1. The third-order valence-electron chi connectivity index (χ3n) is 4.69. The van der Waals surface area contributed by atoms with Crippen molar-refractivity contribution in [2.45, 2.75) is 25.4 Å². The van der Waals surface area contributed by atoms with E-state index >= 15 is 0 Å². The van der Waals surface area contributed by atoms with E-state index in [0.29, 0.717) is 30.4 Å². The highest BCUT2D eigenvalue weighted by molar-refractivity contribution is 7.13. The summed E-state index contributed by atoms with van der Waals surface area (Å²) in [6.45, 7) is 1.21. The number of benzene rings is 1. The number of thiophene rings is 1. The van der Waals surface area contributed by atoms with E-state index in [-0.39, 0.29) is 18.6 Å². The third kappa shape index (κ3) is 3.99. The number of tetrazole rings is 1. The molecule has 9 heteroatoms. The largest absolute Gasteiger partial charge is 0.493 e. The van der Waals surface area contributed by atoms with E-state index in [1.54, 1.807) is 35.4 Å². The molecule has 0 saturated carbocycles. The number of carbonyl (C=O) groups excluding carboxylic acids is 1. The van der Waals surface area contributed by atoms with Crippen LogP contribution in [0.25, 0.3) is 10.7 Å². The molecule has 0 radical (unpaired) electrons. The molecule has 1 aliphatic heterocycles. The maximum atomic E-state index is 12.7. The molecule has 1 fully saturated rings. The number of aromatic nitrogens is 4. The fourth-order valence-corrected chi connectivity index (χ4v) is 3.98. The van der Waals surface area contributed by atoms with Gasteiger partial charge in [-0.05, 0) is 41.6 Å². The number of nitrogens with zero attached hydrogens (tertiary/aromatic N) is 5. The lowest BCUT2D eigenvalue weighted by Gasteiger charge is -2.24. The van der Waals surface area contributed by atoms with Crippen molar-refractivity contribution in [3.8, 4) is 22.2 Å². The molecule has 2 aromatic heterocycles. The van der Waals surface area contributed by atoms with E-state index in [9.17, 15) is 4.79 Å². The standard InChI is InChI=1S/C19H21N5O3S/c1-26-15-7-2-3-8-16(15)27-13-18(25)23-10-4-6-14(23)12-24-21-19(20-22-24)17-9-5-11-28-17/h2-3,5,7-9,11,14H,4,6,10,12-13H2,1H3/t14-/m1/s1. The lowest BCUT2D eigenvalue weighted by atomic mass is 10.2. The Hall–Kier alpha value is -2.94. The first-order valence-electron chi connectivity index (χ1n) is 9.11. The number of rotatable bonds is 7. The van der Waals surface area contributed by atoms with Gasteiger partial charge in [-0.1, -0.05) is 18.2 Å². The van der Waals surface area contributed by atoms with Crippen LogP contribution in [-0.4, -0.2) is 57.3 Å². The van der Waals surface area contributed by atoms with Crippen molar-refractivity contribution in [3.05, 3.63) is 41.8 Å². The van der Waals surface area contributed by atoms with Gasteiger partial charge >= 0.3 is 0 Å². The maximum absolute atomic E-state index is 12.7. The molecule has 0 bridgehead atoms. The summed E-state index contributed by atoms with van der Waals surface area (Å²) in [5.74, 6) is 1.74. The number of hydrogen-bond acceptors (Lipinski definition) is 7. The molecule has 1 aliphatic rings. The zero-order valence-corrected chi connectivity index (χ0v) is 16.3. The zero-order valence-electron chi connectivity index (χ0n) is 15.5. The summed E-state index contributed by atoms with van der Waals surface area (Å²) < 4.78 is 10.9. The summed E-state index contributed by atoms with van der Waals surface area (Å²) in [7, 11) is 1.58. The van der Waals surface area contributed by atoms with Gasteiger partial charge in [0, 0.05) is 6.54 Å². The van der Waals surface area contributed by atoms with E-state index in [1.807, 2.05) is 34.5 Å². The molecule has 1 atom stereocenters. The average Bonchev–Trinajstić information content (AvgIpc) is 3.48. The molecular formula is C19H21N5O3S. The predicted octanol–water partition coefficient (Wildman–Crippen LogP) is 2.48. The quantitative estimate of drug-likeness (QED) is 0.607. The van der Waals surface area contributed by atoms with Crippen LogP contribution in [0.2, 0.25) is 0 Å². The minimum Gasteiger partial charge on any atom is -0.493 e. The number of likely N-dealkylation sites (tertiary alicyclic amines) is 1. The molecule has 1 amide bonds. The zero-order chi connectivity index (χ0) is 19.3. The van der Waals surface area contributed by atoms with Crippen LogP contribution >= 0.6 is 11.3 Å². The molecule has 0 spiro atoms. The van der Waals surface area contributed by atoms with E-state index in [4.69, 9.17) is 9.47 Å². The first-order chi connectivity index (χ1) is 13.7. The van der Waals surface area contributed by atoms with Crippen LogP contribution in [0, 0.1) is 0 Å². The summed E-state index contributed by atoms with van der Waals surface area (Å²) in [5, 5.41) is 14.7. The molecule has 0 N–H and O–H groups in total. The van der Waals surface area contributed by atoms with Crippen LogP contribution in [0.5, 0.6) is 11.5 Å². The van der Waals surface area contributed by atoms with Gasteiger partial charge in [0.25, 0.3) is 5.91 Å². The minimum atomic E-state index is -0.0491. The van der Waals surface area contributed by atoms with Crippen molar-refractivity contribution in [1.82, 2.24) is 25.1 Å². The van der Waals surface area contributed by atoms with Gasteiger partial charge in [0.1, 0.15) is 0 Å². The van der Waals surface area contributed by atoms with Gasteiger partial charge in [0.2, 0.25) is 5.82 Å². The Bertz CT molecular complexity index is 927. The van der Waals surface area contributed by atoms with Crippen LogP contribution < -0.4 is 9.47 Å². The number of amides is 1. The fraction of sp³-hybridized carbons (Fsp3) is 0.368. The smallest absolute Gasteiger partial charge is 0.260 e. The summed E-state index contributed by atoms with van der Waals surface area (Å²) >= 11 is 1.58. The van der Waals surface area contributed by atoms with Crippen molar-refractivity contribution in [2.75, 3.05) is 20.3 Å². The summed E-state index contributed by atoms with van der Waals surface area (Å²) in [5.41, 5.74) is 0. The van der Waals surface area contributed by atoms with Crippen LogP contribution in [0.1, 0.15) is 12.8 Å². The Morgan fingerprint density at radius 1 is 1.25 bits per heavy atom. The number of carbonyl (C=O) groups is 1. The van der Waals surface area contributed by atoms with E-state index < -0.39 is 0 Å². The van der Waals surface area contributed by atoms with Gasteiger partial charge in [0.15, 0.2) is 18.1 Å². The third-order valence-corrected chi connectivity index (χ3v) is 5.55. The summed E-state index contributed by atoms with van der Waals surface area (Å²) in [6, 6.07) is 11.3. The first-order valence-corrected chi connectivity index (χ1v) is 9.99. The monoisotopic (exact) mass is 399 g/mol. The highest BCUT2D eigenvalue weighted by atomic mass is 32.1. The molecule has 4 rings (SSSR count). The number of hydrogen-bond donors (Lipinski definition) is 0. The van der Waals surface area contributed by atoms with Crippen molar-refractivity contribution >= 4 is 17.2 Å². The Morgan fingerprint density at radius 2 is 2.11 bits per heavy atom. The maximum Gasteiger partial charge on any atom is 0.260 e. The Balaban J connectivity index is 1.37. The van der Waals surface area contributed by atoms with Gasteiger partial charge in [-0.25, -0.2) is 0 Å². The first kappa shape index (κ1) is 18.4. The molecule has 0 aliphatic carbocycles. The molecule has 0 unspecified atom stereocenters. The van der Waals surface area contributed by atoms with Gasteiger partial charge in [0.05, 0.1) is 24.6 Å². The van der Waals surface area contributed by atoms with Crippen molar-refractivity contribution in [3.63, 3.8) is 0 Å². The Labute approximate surface area is 166 Å². The molecule has 8 nitrogen and oxygen atoms in total. The van der Waals surface area contributed by atoms with Crippen molar-refractivity contribution < 1.29 is 14.3 Å². The molecule has 3 aromatic rings. The van der Waals surface area contributed by atoms with Gasteiger partial charge in [-0.3, -0.25) is 4.79 Å². The van der Waals surface area contributed by atoms with Gasteiger partial charge < -0.3 is 14.4 Å². The molecule has 1 saturated heterocycles. The lowest BCUT2D eigenvalue weighted by Crippen LogP contribution is -2.41. The minimum absolute atomic E-state index is 0.0257. The predicted molar refractivity (Wildman–Crippen MR) is 104 cm³/mol. The average molecular weight is 399 g/mol. The highest BCUT2D eigenvalue weighted by Gasteiger charge is 2.30. The lowest BCUT2D eigenvalue weighted by molar-refractivity contribution is -0.134. The number of para-hydroxylation sites is 2. The van der Waals surface area contributed by atoms with E-state index in [0.717, 1.165) is 17.7 Å². The Morgan fingerprint density at radius 3 is 2.89 bits per heavy atom. The molecule has 3 heterocycles. The normalized spacial score (nSPS) is 16.3. The van der Waals surface area contributed by atoms with Crippen molar-refractivity contribution in [2.24, 2.45) is 0 Å². The molecular weight excluding hydrogens is 378 g/mol. The summed E-state index contributed by atoms with van der Waals surface area (Å²) in [6.07, 6.45) is 1.87. The highest BCUT2D eigenvalue weighted by Crippen LogP contribution is 2.26. The van der Waals surface area contributed by atoms with E-state index in [1.165, 1.54) is 0 Å². The fourth-order valence-electron chi connectivity index (χ4n) is 3.33. The molecule has 1 aromatic carbocycles. The number of ether oxygens (including phenoxy) is 2.